The Morgan fingerprint density at radius 3 is 2.56 bits per heavy atom. The van der Waals surface area contributed by atoms with Crippen molar-refractivity contribution in [1.29, 1.82) is 5.26 Å². The standard InChI is InChI=1S/C29H28N4O8S2/c1-4-39-26-16-31-27(41-26)20-13-22(18-5-7-19(8-6-18)33-9-11-38-12-10-33)32-28(21(20)15-30)40-17-24-25(43(3,35)36)14-23(42-24)29(34)37-2/h5-8,13-14,16H,4,9-12,17H2,1-3H3. The molecule has 1 aromatic carbocycles. The van der Waals surface area contributed by atoms with E-state index in [0.29, 0.717) is 31.1 Å². The number of thiophene rings is 1. The van der Waals surface area contributed by atoms with E-state index in [1.165, 1.54) is 19.4 Å². The van der Waals surface area contributed by atoms with Crippen molar-refractivity contribution < 1.29 is 36.6 Å². The normalized spacial score (nSPS) is 13.4. The fourth-order valence-corrected chi connectivity index (χ4v) is 6.81. The van der Waals surface area contributed by atoms with Crippen LogP contribution in [0.1, 0.15) is 27.0 Å². The van der Waals surface area contributed by atoms with Gasteiger partial charge in [-0.15, -0.1) is 11.3 Å². The number of methoxy groups -OCH3 is 1. The van der Waals surface area contributed by atoms with E-state index in [0.717, 1.165) is 41.9 Å². The van der Waals surface area contributed by atoms with Gasteiger partial charge in [-0.25, -0.2) is 23.2 Å². The zero-order valence-corrected chi connectivity index (χ0v) is 25.3. The number of nitriles is 1. The van der Waals surface area contributed by atoms with E-state index in [1.807, 2.05) is 24.3 Å². The third kappa shape index (κ3) is 6.64. The number of hydrogen-bond donors (Lipinski definition) is 0. The largest absolute Gasteiger partial charge is 0.471 e. The lowest BCUT2D eigenvalue weighted by Crippen LogP contribution is -2.36. The van der Waals surface area contributed by atoms with E-state index in [1.54, 1.807) is 13.0 Å². The van der Waals surface area contributed by atoms with Gasteiger partial charge in [0, 0.05) is 30.6 Å². The molecule has 14 heteroatoms. The van der Waals surface area contributed by atoms with Crippen molar-refractivity contribution in [2.75, 3.05) is 51.2 Å². The molecule has 0 bridgehead atoms. The maximum absolute atomic E-state index is 12.5. The van der Waals surface area contributed by atoms with Gasteiger partial charge >= 0.3 is 11.9 Å². The van der Waals surface area contributed by atoms with Crippen LogP contribution in [-0.4, -0.2) is 70.6 Å². The van der Waals surface area contributed by atoms with Crippen LogP contribution in [0.4, 0.5) is 5.69 Å². The topological polar surface area (TPSA) is 154 Å². The minimum absolute atomic E-state index is 0.0317. The summed E-state index contributed by atoms with van der Waals surface area (Å²) in [6, 6.07) is 12.8. The molecule has 224 valence electrons. The Hall–Kier alpha value is -4.45. The zero-order valence-electron chi connectivity index (χ0n) is 23.7. The van der Waals surface area contributed by atoms with Gasteiger partial charge in [0.2, 0.25) is 11.8 Å². The monoisotopic (exact) mass is 624 g/mol. The van der Waals surface area contributed by atoms with E-state index in [-0.39, 0.29) is 44.5 Å². The van der Waals surface area contributed by atoms with Crippen molar-refractivity contribution in [2.45, 2.75) is 18.4 Å². The van der Waals surface area contributed by atoms with Gasteiger partial charge in [-0.3, -0.25) is 0 Å². The average molecular weight is 625 g/mol. The molecular weight excluding hydrogens is 596 g/mol. The lowest BCUT2D eigenvalue weighted by atomic mass is 10.0. The van der Waals surface area contributed by atoms with Crippen molar-refractivity contribution in [2.24, 2.45) is 0 Å². The molecule has 0 unspecified atom stereocenters. The first-order valence-electron chi connectivity index (χ1n) is 13.2. The van der Waals surface area contributed by atoms with Crippen LogP contribution in [0, 0.1) is 11.3 Å². The molecule has 12 nitrogen and oxygen atoms in total. The van der Waals surface area contributed by atoms with Crippen LogP contribution >= 0.6 is 11.3 Å². The first-order chi connectivity index (χ1) is 20.7. The van der Waals surface area contributed by atoms with Gasteiger partial charge in [-0.2, -0.15) is 5.26 Å². The second-order valence-electron chi connectivity index (χ2n) is 9.36. The summed E-state index contributed by atoms with van der Waals surface area (Å²) < 4.78 is 52.3. The van der Waals surface area contributed by atoms with E-state index < -0.39 is 15.8 Å². The van der Waals surface area contributed by atoms with Crippen molar-refractivity contribution in [3.05, 3.63) is 57.9 Å². The summed E-state index contributed by atoms with van der Waals surface area (Å²) in [6.07, 6.45) is 2.45. The first kappa shape index (κ1) is 30.0. The average Bonchev–Trinajstić information content (AvgIpc) is 3.68. The van der Waals surface area contributed by atoms with Gasteiger partial charge in [-0.05, 0) is 31.2 Å². The fraction of sp³-hybridized carbons (Fsp3) is 0.310. The molecule has 0 atom stereocenters. The molecule has 1 saturated heterocycles. The van der Waals surface area contributed by atoms with E-state index in [9.17, 15) is 18.5 Å². The number of pyridine rings is 1. The Morgan fingerprint density at radius 1 is 1.16 bits per heavy atom. The lowest BCUT2D eigenvalue weighted by molar-refractivity contribution is 0.0606. The van der Waals surface area contributed by atoms with Crippen molar-refractivity contribution >= 4 is 32.8 Å². The van der Waals surface area contributed by atoms with Crippen LogP contribution in [0.2, 0.25) is 0 Å². The summed E-state index contributed by atoms with van der Waals surface area (Å²) in [7, 11) is -2.50. The minimum atomic E-state index is -3.71. The Kier molecular flexibility index (Phi) is 8.95. The Bertz CT molecular complexity index is 1770. The maximum Gasteiger partial charge on any atom is 0.348 e. The molecule has 4 heterocycles. The van der Waals surface area contributed by atoms with Gasteiger partial charge in [0.1, 0.15) is 29.3 Å². The fourth-order valence-electron chi connectivity index (χ4n) is 4.47. The third-order valence-corrected chi connectivity index (χ3v) is 8.92. The highest BCUT2D eigenvalue weighted by atomic mass is 32.2. The molecule has 4 aromatic rings. The number of esters is 1. The summed E-state index contributed by atoms with van der Waals surface area (Å²) in [5.41, 5.74) is 2.60. The number of oxazole rings is 1. The van der Waals surface area contributed by atoms with E-state index in [2.05, 4.69) is 20.9 Å². The van der Waals surface area contributed by atoms with Crippen molar-refractivity contribution in [3.63, 3.8) is 0 Å². The van der Waals surface area contributed by atoms with Crippen molar-refractivity contribution in [1.82, 2.24) is 9.97 Å². The Morgan fingerprint density at radius 2 is 1.91 bits per heavy atom. The van der Waals surface area contributed by atoms with E-state index >= 15 is 0 Å². The molecule has 0 radical (unpaired) electrons. The molecule has 0 aliphatic carbocycles. The highest BCUT2D eigenvalue weighted by Gasteiger charge is 2.25. The predicted octanol–water partition coefficient (Wildman–Crippen LogP) is 4.34. The molecule has 1 aliphatic heterocycles. The van der Waals surface area contributed by atoms with Gasteiger partial charge in [0.05, 0.1) is 48.0 Å². The number of benzene rings is 1. The number of aromatic nitrogens is 2. The van der Waals surface area contributed by atoms with Crippen LogP contribution in [0.25, 0.3) is 22.7 Å². The molecule has 5 rings (SSSR count). The summed E-state index contributed by atoms with van der Waals surface area (Å²) in [4.78, 5) is 23.6. The van der Waals surface area contributed by atoms with Gasteiger partial charge in [0.15, 0.2) is 9.84 Å². The number of carbonyl (C=O) groups excluding carboxylic acids is 1. The molecule has 1 fully saturated rings. The number of carbonyl (C=O) groups is 1. The number of hydrogen-bond acceptors (Lipinski definition) is 13. The third-order valence-electron chi connectivity index (χ3n) is 6.54. The predicted molar refractivity (Wildman–Crippen MR) is 157 cm³/mol. The first-order valence-corrected chi connectivity index (χ1v) is 15.9. The van der Waals surface area contributed by atoms with Gasteiger partial charge in [-0.1, -0.05) is 12.1 Å². The molecule has 0 saturated carbocycles. The molecule has 0 N–H and O–H groups in total. The van der Waals surface area contributed by atoms with Gasteiger partial charge in [0.25, 0.3) is 0 Å². The number of anilines is 1. The molecule has 0 spiro atoms. The number of ether oxygens (including phenoxy) is 4. The minimum Gasteiger partial charge on any atom is -0.471 e. The van der Waals surface area contributed by atoms with Crippen molar-refractivity contribution in [3.8, 4) is 40.6 Å². The van der Waals surface area contributed by atoms with Gasteiger partial charge < -0.3 is 28.3 Å². The SMILES string of the molecule is CCOc1cnc(-c2cc(-c3ccc(N4CCOCC4)cc3)nc(OCc3sc(C(=O)OC)cc3S(C)(=O)=O)c2C#N)o1. The van der Waals surface area contributed by atoms with Crippen LogP contribution in [0.15, 0.2) is 51.9 Å². The summed E-state index contributed by atoms with van der Waals surface area (Å²) in [5, 5.41) is 10.2. The van der Waals surface area contributed by atoms with Crippen LogP contribution in [0.3, 0.4) is 0 Å². The lowest BCUT2D eigenvalue weighted by Gasteiger charge is -2.28. The van der Waals surface area contributed by atoms with Crippen LogP contribution < -0.4 is 14.4 Å². The summed E-state index contributed by atoms with van der Waals surface area (Å²) in [5.74, 6) is -0.421. The second kappa shape index (κ2) is 12.8. The second-order valence-corrected chi connectivity index (χ2v) is 12.5. The zero-order chi connectivity index (χ0) is 30.6. The Labute approximate surface area is 252 Å². The summed E-state index contributed by atoms with van der Waals surface area (Å²) >= 11 is 0.926. The number of nitrogens with zero attached hydrogens (tertiary/aromatic N) is 4. The molecular formula is C29H28N4O8S2. The Balaban J connectivity index is 1.56. The highest BCUT2D eigenvalue weighted by Crippen LogP contribution is 2.36. The molecule has 1 aliphatic rings. The number of rotatable bonds is 10. The molecule has 3 aromatic heterocycles. The number of sulfone groups is 1. The molecule has 0 amide bonds. The molecule has 43 heavy (non-hydrogen) atoms. The summed E-state index contributed by atoms with van der Waals surface area (Å²) in [6.45, 7) is 4.80. The van der Waals surface area contributed by atoms with E-state index in [4.69, 9.17) is 23.4 Å². The maximum atomic E-state index is 12.5. The highest BCUT2D eigenvalue weighted by molar-refractivity contribution is 7.91. The number of morpholine rings is 1. The smallest absolute Gasteiger partial charge is 0.348 e. The quantitative estimate of drug-likeness (QED) is 0.231. The van der Waals surface area contributed by atoms with Crippen LogP contribution in [0.5, 0.6) is 11.8 Å². The van der Waals surface area contributed by atoms with Crippen LogP contribution in [-0.2, 0) is 25.9 Å².